The summed E-state index contributed by atoms with van der Waals surface area (Å²) < 4.78 is 0. The molecule has 27 heavy (non-hydrogen) atoms. The Morgan fingerprint density at radius 2 is 1.70 bits per heavy atom. The summed E-state index contributed by atoms with van der Waals surface area (Å²) in [5, 5.41) is 52.6. The molecular weight excluding hydrogens is 352 g/mol. The molecule has 0 aromatic heterocycles. The van der Waals surface area contributed by atoms with Crippen molar-refractivity contribution in [3.8, 4) is 17.2 Å². The zero-order chi connectivity index (χ0) is 19.7. The number of aromatic hydroxyl groups is 3. The van der Waals surface area contributed by atoms with Crippen LogP contribution in [0.5, 0.6) is 17.2 Å². The molecule has 0 bridgehead atoms. The predicted molar refractivity (Wildman–Crippen MR) is 93.3 cm³/mol. The van der Waals surface area contributed by atoms with Crippen molar-refractivity contribution in [2.24, 2.45) is 0 Å². The monoisotopic (exact) mass is 370 g/mol. The molecule has 7 nitrogen and oxygen atoms in total. The minimum Gasteiger partial charge on any atom is -0.507 e. The van der Waals surface area contributed by atoms with Crippen LogP contribution in [0.4, 0.5) is 0 Å². The molecule has 0 aliphatic heterocycles. The molecule has 140 valence electrons. The molecule has 2 aromatic rings. The van der Waals surface area contributed by atoms with Gasteiger partial charge in [0.15, 0.2) is 5.78 Å². The molecule has 7 heteroatoms. The first-order chi connectivity index (χ1) is 12.7. The minimum absolute atomic E-state index is 0.0547. The predicted octanol–water partition coefficient (Wildman–Crippen LogP) is 1.70. The molecule has 0 saturated carbocycles. The number of phenols is 3. The van der Waals surface area contributed by atoms with Gasteiger partial charge in [-0.25, -0.2) is 0 Å². The summed E-state index contributed by atoms with van der Waals surface area (Å²) in [6.45, 7) is 1.72. The lowest BCUT2D eigenvalue weighted by atomic mass is 9.72. The quantitative estimate of drug-likeness (QED) is 0.411. The van der Waals surface area contributed by atoms with Gasteiger partial charge in [0.1, 0.15) is 17.2 Å². The van der Waals surface area contributed by atoms with Crippen LogP contribution in [0.15, 0.2) is 18.2 Å². The Morgan fingerprint density at radius 1 is 1.04 bits per heavy atom. The van der Waals surface area contributed by atoms with E-state index in [2.05, 4.69) is 0 Å². The van der Waals surface area contributed by atoms with E-state index in [0.717, 1.165) is 0 Å². The molecule has 0 saturated heterocycles. The van der Waals surface area contributed by atoms with E-state index in [-0.39, 0.29) is 40.7 Å². The Hall–Kier alpha value is -2.90. The number of carbonyl (C=O) groups excluding carboxylic acids is 2. The Labute approximate surface area is 154 Å². The van der Waals surface area contributed by atoms with Gasteiger partial charge < -0.3 is 25.5 Å². The molecule has 0 radical (unpaired) electrons. The summed E-state index contributed by atoms with van der Waals surface area (Å²) in [4.78, 5) is 25.8. The third-order valence-corrected chi connectivity index (χ3v) is 5.63. The summed E-state index contributed by atoms with van der Waals surface area (Å²) in [5.74, 6) is -3.07. The summed E-state index contributed by atoms with van der Waals surface area (Å²) in [6, 6.07) is 4.01. The topological polar surface area (TPSA) is 135 Å². The summed E-state index contributed by atoms with van der Waals surface area (Å²) in [7, 11) is 0. The molecule has 5 N–H and O–H groups in total. The molecule has 0 heterocycles. The highest BCUT2D eigenvalue weighted by atomic mass is 16.3. The standard InChI is InChI=1S/C20H18O7/c1-2-20(27)6-9-13(11(22)7-20)19(26)15-14(17(9)24)16(23)8-4-3-5-10(21)12(8)18(15)25/h3-5,11,21-22,24,26-27H,2,6-7H2,1H3. The van der Waals surface area contributed by atoms with Gasteiger partial charge in [0, 0.05) is 29.5 Å². The highest BCUT2D eigenvalue weighted by Crippen LogP contribution is 2.51. The number of benzene rings is 2. The van der Waals surface area contributed by atoms with Gasteiger partial charge in [-0.05, 0) is 12.5 Å². The van der Waals surface area contributed by atoms with Gasteiger partial charge in [0.05, 0.1) is 28.4 Å². The Bertz CT molecular complexity index is 1020. The van der Waals surface area contributed by atoms with Gasteiger partial charge in [0.25, 0.3) is 0 Å². The van der Waals surface area contributed by atoms with Crippen molar-refractivity contribution in [2.45, 2.75) is 37.9 Å². The average molecular weight is 370 g/mol. The first kappa shape index (κ1) is 17.5. The van der Waals surface area contributed by atoms with E-state index in [1.54, 1.807) is 6.92 Å². The van der Waals surface area contributed by atoms with E-state index in [9.17, 15) is 35.1 Å². The van der Waals surface area contributed by atoms with Gasteiger partial charge in [0.2, 0.25) is 5.78 Å². The maximum absolute atomic E-state index is 12.9. The van der Waals surface area contributed by atoms with E-state index in [0.29, 0.717) is 6.42 Å². The Morgan fingerprint density at radius 3 is 2.37 bits per heavy atom. The lowest BCUT2D eigenvalue weighted by molar-refractivity contribution is -0.0260. The van der Waals surface area contributed by atoms with Crippen molar-refractivity contribution in [3.05, 3.63) is 51.6 Å². The molecule has 2 unspecified atom stereocenters. The zero-order valence-corrected chi connectivity index (χ0v) is 14.5. The fraction of sp³-hybridized carbons (Fsp3) is 0.300. The molecule has 0 amide bonds. The van der Waals surface area contributed by atoms with E-state index in [4.69, 9.17) is 0 Å². The molecule has 4 rings (SSSR count). The largest absolute Gasteiger partial charge is 0.507 e. The smallest absolute Gasteiger partial charge is 0.202 e. The number of aliphatic hydroxyl groups excluding tert-OH is 1. The van der Waals surface area contributed by atoms with Crippen LogP contribution in [0.3, 0.4) is 0 Å². The van der Waals surface area contributed by atoms with Crippen molar-refractivity contribution in [1.29, 1.82) is 0 Å². The molecule has 0 fully saturated rings. The summed E-state index contributed by atoms with van der Waals surface area (Å²) in [5.41, 5.74) is -2.46. The van der Waals surface area contributed by atoms with E-state index < -0.39 is 46.1 Å². The van der Waals surface area contributed by atoms with Crippen LogP contribution >= 0.6 is 0 Å². The Balaban J connectivity index is 2.05. The molecule has 2 aromatic carbocycles. The van der Waals surface area contributed by atoms with Crippen LogP contribution in [0.2, 0.25) is 0 Å². The van der Waals surface area contributed by atoms with Gasteiger partial charge in [-0.15, -0.1) is 0 Å². The number of ketones is 2. The number of rotatable bonds is 1. The number of carbonyl (C=O) groups is 2. The van der Waals surface area contributed by atoms with Gasteiger partial charge in [-0.2, -0.15) is 0 Å². The van der Waals surface area contributed by atoms with Gasteiger partial charge in [-0.1, -0.05) is 19.1 Å². The third kappa shape index (κ3) is 2.22. The Kier molecular flexibility index (Phi) is 3.60. The minimum atomic E-state index is -1.32. The number of hydrogen-bond donors (Lipinski definition) is 5. The number of phenolic OH excluding ortho intramolecular Hbond substituents is 3. The van der Waals surface area contributed by atoms with Crippen LogP contribution < -0.4 is 0 Å². The van der Waals surface area contributed by atoms with E-state index in [1.807, 2.05) is 0 Å². The maximum Gasteiger partial charge on any atom is 0.202 e. The second kappa shape index (κ2) is 5.55. The van der Waals surface area contributed by atoms with Crippen LogP contribution in [0, 0.1) is 0 Å². The average Bonchev–Trinajstić information content (AvgIpc) is 2.62. The van der Waals surface area contributed by atoms with Crippen LogP contribution in [-0.2, 0) is 6.42 Å². The van der Waals surface area contributed by atoms with Crippen LogP contribution in [0.25, 0.3) is 0 Å². The zero-order valence-electron chi connectivity index (χ0n) is 14.5. The fourth-order valence-electron chi connectivity index (χ4n) is 4.13. The molecule has 2 atom stereocenters. The van der Waals surface area contributed by atoms with Crippen LogP contribution in [-0.4, -0.2) is 42.7 Å². The molecule has 2 aliphatic rings. The highest BCUT2D eigenvalue weighted by Gasteiger charge is 2.44. The molecule has 2 aliphatic carbocycles. The van der Waals surface area contributed by atoms with Crippen molar-refractivity contribution < 1.29 is 35.1 Å². The van der Waals surface area contributed by atoms with Crippen LogP contribution in [0.1, 0.15) is 68.8 Å². The van der Waals surface area contributed by atoms with Crippen molar-refractivity contribution >= 4 is 11.6 Å². The second-order valence-corrected chi connectivity index (χ2v) is 7.17. The fourth-order valence-corrected chi connectivity index (χ4v) is 4.13. The van der Waals surface area contributed by atoms with E-state index in [1.165, 1.54) is 18.2 Å². The SMILES string of the molecule is CCC1(O)Cc2c(O)c3c(c(O)c2C(O)C1)C(=O)c1c(O)cccc1C3=O. The number of aliphatic hydroxyl groups is 2. The number of hydrogen-bond acceptors (Lipinski definition) is 7. The summed E-state index contributed by atoms with van der Waals surface area (Å²) in [6.07, 6.45) is -1.17. The van der Waals surface area contributed by atoms with Gasteiger partial charge >= 0.3 is 0 Å². The van der Waals surface area contributed by atoms with Crippen molar-refractivity contribution in [2.75, 3.05) is 0 Å². The molecular formula is C20H18O7. The lowest BCUT2D eigenvalue weighted by Gasteiger charge is -2.37. The summed E-state index contributed by atoms with van der Waals surface area (Å²) >= 11 is 0. The van der Waals surface area contributed by atoms with E-state index >= 15 is 0 Å². The van der Waals surface area contributed by atoms with Crippen molar-refractivity contribution in [3.63, 3.8) is 0 Å². The van der Waals surface area contributed by atoms with Gasteiger partial charge in [-0.3, -0.25) is 9.59 Å². The normalized spacial score (nSPS) is 23.6. The number of fused-ring (bicyclic) bond motifs is 3. The first-order valence-corrected chi connectivity index (χ1v) is 8.62. The maximum atomic E-state index is 12.9. The second-order valence-electron chi connectivity index (χ2n) is 7.17. The third-order valence-electron chi connectivity index (χ3n) is 5.63. The highest BCUT2D eigenvalue weighted by molar-refractivity contribution is 6.31. The first-order valence-electron chi connectivity index (χ1n) is 8.62. The van der Waals surface area contributed by atoms with Crippen molar-refractivity contribution in [1.82, 2.24) is 0 Å². The molecule has 0 spiro atoms. The lowest BCUT2D eigenvalue weighted by Crippen LogP contribution is -2.38.